The Labute approximate surface area is 139 Å². The van der Waals surface area contributed by atoms with Gasteiger partial charge in [0.25, 0.3) is 5.91 Å². The molecule has 124 valence electrons. The van der Waals surface area contributed by atoms with Gasteiger partial charge in [0.2, 0.25) is 0 Å². The fraction of sp³-hybridized carbons (Fsp3) is 0.333. The van der Waals surface area contributed by atoms with Crippen molar-refractivity contribution in [3.05, 3.63) is 59.9 Å². The number of imidazole rings is 1. The summed E-state index contributed by atoms with van der Waals surface area (Å²) in [4.78, 5) is 16.5. The van der Waals surface area contributed by atoms with Crippen LogP contribution in [0.15, 0.2) is 47.3 Å². The van der Waals surface area contributed by atoms with Crippen LogP contribution in [0.25, 0.3) is 5.65 Å². The second-order valence-electron chi connectivity index (χ2n) is 6.14. The molecule has 1 aliphatic heterocycles. The van der Waals surface area contributed by atoms with E-state index in [4.69, 9.17) is 4.42 Å². The number of amides is 1. The molecule has 1 aliphatic rings. The van der Waals surface area contributed by atoms with E-state index in [2.05, 4.69) is 15.6 Å². The van der Waals surface area contributed by atoms with Gasteiger partial charge in [0.05, 0.1) is 0 Å². The van der Waals surface area contributed by atoms with Crippen molar-refractivity contribution in [1.82, 2.24) is 20.0 Å². The Balaban J connectivity index is 1.39. The first-order valence-corrected chi connectivity index (χ1v) is 8.30. The number of carbonyl (C=O) groups is 1. The fourth-order valence-corrected chi connectivity index (χ4v) is 3.13. The Hall–Kier alpha value is -2.60. The molecule has 2 N–H and O–H groups in total. The molecule has 3 aromatic heterocycles. The summed E-state index contributed by atoms with van der Waals surface area (Å²) in [5, 5.41) is 6.24. The van der Waals surface area contributed by atoms with Crippen molar-refractivity contribution < 1.29 is 9.21 Å². The van der Waals surface area contributed by atoms with Crippen molar-refractivity contribution in [3.8, 4) is 0 Å². The molecule has 0 saturated carbocycles. The largest absolute Gasteiger partial charge is 0.456 e. The Morgan fingerprint density at radius 1 is 1.29 bits per heavy atom. The fourth-order valence-electron chi connectivity index (χ4n) is 3.13. The van der Waals surface area contributed by atoms with Crippen molar-refractivity contribution in [2.45, 2.75) is 25.3 Å². The zero-order valence-electron chi connectivity index (χ0n) is 13.4. The smallest absolute Gasteiger partial charge is 0.287 e. The van der Waals surface area contributed by atoms with Crippen LogP contribution in [-0.4, -0.2) is 28.4 Å². The highest BCUT2D eigenvalue weighted by Gasteiger charge is 2.20. The number of hydrogen-bond donors (Lipinski definition) is 2. The normalized spacial score (nSPS) is 15.7. The van der Waals surface area contributed by atoms with Gasteiger partial charge in [0.15, 0.2) is 5.76 Å². The lowest BCUT2D eigenvalue weighted by molar-refractivity contribution is 0.0920. The molecule has 6 nitrogen and oxygen atoms in total. The molecule has 24 heavy (non-hydrogen) atoms. The molecule has 4 rings (SSSR count). The standard InChI is InChI=1S/C18H20N4O2/c23-18(16-2-1-15(24-16)14-3-6-19-7-4-14)21-12-13-5-9-22-10-8-20-17(22)11-13/h1-2,5,8-11,14,19H,3-4,6-7,12H2,(H,21,23). The van der Waals surface area contributed by atoms with Crippen LogP contribution in [-0.2, 0) is 6.54 Å². The van der Waals surface area contributed by atoms with E-state index in [-0.39, 0.29) is 5.91 Å². The topological polar surface area (TPSA) is 71.6 Å². The van der Waals surface area contributed by atoms with Crippen molar-refractivity contribution in [2.75, 3.05) is 13.1 Å². The molecule has 0 bridgehead atoms. The van der Waals surface area contributed by atoms with Crippen LogP contribution < -0.4 is 10.6 Å². The third-order valence-corrected chi connectivity index (χ3v) is 4.51. The Morgan fingerprint density at radius 2 is 2.17 bits per heavy atom. The van der Waals surface area contributed by atoms with Gasteiger partial charge in [-0.2, -0.15) is 0 Å². The van der Waals surface area contributed by atoms with E-state index in [1.54, 1.807) is 12.3 Å². The third kappa shape index (κ3) is 3.05. The summed E-state index contributed by atoms with van der Waals surface area (Å²) in [6.45, 7) is 2.46. The average Bonchev–Trinajstić information content (AvgIpc) is 3.29. The minimum absolute atomic E-state index is 0.182. The molecule has 1 saturated heterocycles. The van der Waals surface area contributed by atoms with Crippen LogP contribution in [0.5, 0.6) is 0 Å². The predicted octanol–water partition coefficient (Wildman–Crippen LogP) is 2.32. The minimum Gasteiger partial charge on any atom is -0.456 e. The van der Waals surface area contributed by atoms with E-state index >= 15 is 0 Å². The van der Waals surface area contributed by atoms with Gasteiger partial charge in [-0.15, -0.1) is 0 Å². The monoisotopic (exact) mass is 324 g/mol. The lowest BCUT2D eigenvalue weighted by Crippen LogP contribution is -2.26. The average molecular weight is 324 g/mol. The van der Waals surface area contributed by atoms with Gasteiger partial charge in [-0.3, -0.25) is 4.79 Å². The Kier molecular flexibility index (Phi) is 4.04. The molecule has 3 aromatic rings. The SMILES string of the molecule is O=C(NCc1ccn2ccnc2c1)c1ccc(C2CCNCC2)o1. The van der Waals surface area contributed by atoms with Crippen LogP contribution in [0.1, 0.15) is 40.6 Å². The highest BCUT2D eigenvalue weighted by atomic mass is 16.4. The zero-order valence-corrected chi connectivity index (χ0v) is 13.4. The van der Waals surface area contributed by atoms with E-state index in [0.29, 0.717) is 18.2 Å². The van der Waals surface area contributed by atoms with Crippen LogP contribution >= 0.6 is 0 Å². The van der Waals surface area contributed by atoms with Crippen LogP contribution in [0.3, 0.4) is 0 Å². The maximum atomic E-state index is 12.3. The van der Waals surface area contributed by atoms with Gasteiger partial charge in [0.1, 0.15) is 11.4 Å². The minimum atomic E-state index is -0.182. The second-order valence-corrected chi connectivity index (χ2v) is 6.14. The molecular weight excluding hydrogens is 304 g/mol. The van der Waals surface area contributed by atoms with Crippen molar-refractivity contribution in [1.29, 1.82) is 0 Å². The van der Waals surface area contributed by atoms with E-state index in [9.17, 15) is 4.79 Å². The number of rotatable bonds is 4. The number of hydrogen-bond acceptors (Lipinski definition) is 4. The van der Waals surface area contributed by atoms with Crippen LogP contribution in [0.2, 0.25) is 0 Å². The van der Waals surface area contributed by atoms with E-state index in [1.807, 2.05) is 35.0 Å². The molecule has 1 fully saturated rings. The van der Waals surface area contributed by atoms with Crippen molar-refractivity contribution in [3.63, 3.8) is 0 Å². The summed E-state index contributed by atoms with van der Waals surface area (Å²) < 4.78 is 7.71. The predicted molar refractivity (Wildman–Crippen MR) is 89.9 cm³/mol. The summed E-state index contributed by atoms with van der Waals surface area (Å²) >= 11 is 0. The first-order chi connectivity index (χ1) is 11.8. The van der Waals surface area contributed by atoms with Crippen molar-refractivity contribution >= 4 is 11.6 Å². The summed E-state index contributed by atoms with van der Waals surface area (Å²) in [5.41, 5.74) is 1.88. The first-order valence-electron chi connectivity index (χ1n) is 8.30. The highest BCUT2D eigenvalue weighted by Crippen LogP contribution is 2.26. The number of fused-ring (bicyclic) bond motifs is 1. The summed E-state index contributed by atoms with van der Waals surface area (Å²) in [7, 11) is 0. The number of piperidine rings is 1. The number of pyridine rings is 1. The van der Waals surface area contributed by atoms with E-state index in [0.717, 1.165) is 42.9 Å². The molecule has 0 atom stereocenters. The quantitative estimate of drug-likeness (QED) is 0.772. The van der Waals surface area contributed by atoms with Gasteiger partial charge in [-0.05, 0) is 55.8 Å². The van der Waals surface area contributed by atoms with Crippen LogP contribution in [0.4, 0.5) is 0 Å². The number of carbonyl (C=O) groups excluding carboxylic acids is 1. The van der Waals surface area contributed by atoms with Gasteiger partial charge < -0.3 is 19.5 Å². The maximum absolute atomic E-state index is 12.3. The maximum Gasteiger partial charge on any atom is 0.287 e. The highest BCUT2D eigenvalue weighted by molar-refractivity contribution is 5.91. The lowest BCUT2D eigenvalue weighted by Gasteiger charge is -2.20. The van der Waals surface area contributed by atoms with E-state index < -0.39 is 0 Å². The van der Waals surface area contributed by atoms with E-state index in [1.165, 1.54) is 0 Å². The number of aromatic nitrogens is 2. The Bertz CT molecular complexity index is 845. The number of nitrogens with one attached hydrogen (secondary N) is 2. The third-order valence-electron chi connectivity index (χ3n) is 4.51. The van der Waals surface area contributed by atoms with Crippen molar-refractivity contribution in [2.24, 2.45) is 0 Å². The van der Waals surface area contributed by atoms with Gasteiger partial charge in [0, 0.05) is 31.1 Å². The van der Waals surface area contributed by atoms with Gasteiger partial charge >= 0.3 is 0 Å². The molecule has 0 unspecified atom stereocenters. The molecule has 0 aliphatic carbocycles. The molecule has 4 heterocycles. The molecule has 0 spiro atoms. The first kappa shape index (κ1) is 15.0. The summed E-state index contributed by atoms with van der Waals surface area (Å²) in [5.74, 6) is 1.53. The number of nitrogens with zero attached hydrogens (tertiary/aromatic N) is 2. The van der Waals surface area contributed by atoms with Gasteiger partial charge in [-0.25, -0.2) is 4.98 Å². The Morgan fingerprint density at radius 3 is 3.04 bits per heavy atom. The summed E-state index contributed by atoms with van der Waals surface area (Å²) in [6, 6.07) is 7.63. The molecule has 6 heteroatoms. The lowest BCUT2D eigenvalue weighted by atomic mass is 9.96. The zero-order chi connectivity index (χ0) is 16.4. The van der Waals surface area contributed by atoms with Gasteiger partial charge in [-0.1, -0.05) is 0 Å². The molecular formula is C18H20N4O2. The summed E-state index contributed by atoms with van der Waals surface area (Å²) in [6.07, 6.45) is 7.69. The second kappa shape index (κ2) is 6.49. The van der Waals surface area contributed by atoms with Crippen LogP contribution in [0, 0.1) is 0 Å². The number of furan rings is 1. The molecule has 0 aromatic carbocycles. The molecule has 1 amide bonds. The molecule has 0 radical (unpaired) electrons.